The van der Waals surface area contributed by atoms with E-state index in [4.69, 9.17) is 5.73 Å². The number of hydrogen-bond donors (Lipinski definition) is 2. The predicted octanol–water partition coefficient (Wildman–Crippen LogP) is 3.74. The quantitative estimate of drug-likeness (QED) is 0.870. The third kappa shape index (κ3) is 2.11. The van der Waals surface area contributed by atoms with Crippen molar-refractivity contribution >= 4 is 15.9 Å². The van der Waals surface area contributed by atoms with Gasteiger partial charge in [-0.05, 0) is 43.4 Å². The highest BCUT2D eigenvalue weighted by atomic mass is 79.9. The maximum atomic E-state index is 10.2. The second-order valence-electron chi connectivity index (χ2n) is 4.72. The molecule has 0 aromatic heterocycles. The Morgan fingerprint density at radius 1 is 1.06 bits per heavy atom. The Morgan fingerprint density at radius 2 is 1.56 bits per heavy atom. The van der Waals surface area contributed by atoms with Gasteiger partial charge in [-0.15, -0.1) is 0 Å². The first kappa shape index (κ1) is 13.5. The first-order valence-corrected chi connectivity index (χ1v) is 6.32. The van der Waals surface area contributed by atoms with E-state index in [2.05, 4.69) is 29.8 Å². The van der Waals surface area contributed by atoms with Crippen LogP contribution < -0.4 is 5.73 Å². The van der Waals surface area contributed by atoms with Gasteiger partial charge in [0.05, 0.1) is 0 Å². The van der Waals surface area contributed by atoms with Crippen LogP contribution in [0.25, 0.3) is 0 Å². The van der Waals surface area contributed by atoms with E-state index in [0.717, 1.165) is 26.7 Å². The molecule has 0 radical (unpaired) electrons. The van der Waals surface area contributed by atoms with Crippen molar-refractivity contribution in [3.8, 4) is 5.75 Å². The van der Waals surface area contributed by atoms with Gasteiger partial charge in [-0.2, -0.15) is 0 Å². The van der Waals surface area contributed by atoms with Crippen LogP contribution in [0.3, 0.4) is 0 Å². The maximum absolute atomic E-state index is 10.2. The lowest BCUT2D eigenvalue weighted by molar-refractivity contribution is 0.434. The highest BCUT2D eigenvalue weighted by Gasteiger charge is 2.22. The average molecular weight is 286 g/mol. The molecule has 3 N–H and O–H groups in total. The second kappa shape index (κ2) is 4.76. The van der Waals surface area contributed by atoms with E-state index in [1.165, 1.54) is 0 Å². The van der Waals surface area contributed by atoms with E-state index in [9.17, 15) is 5.11 Å². The van der Waals surface area contributed by atoms with Crippen LogP contribution in [0.1, 0.15) is 42.1 Å². The summed E-state index contributed by atoms with van der Waals surface area (Å²) in [4.78, 5) is 0. The number of phenolic OH excluding ortho intramolecular Hbond substituents is 1. The molecule has 2 nitrogen and oxygen atoms in total. The van der Waals surface area contributed by atoms with Crippen molar-refractivity contribution in [2.24, 2.45) is 11.7 Å². The number of rotatable bonds is 2. The minimum Gasteiger partial charge on any atom is -0.507 e. The Morgan fingerprint density at radius 3 is 2.00 bits per heavy atom. The van der Waals surface area contributed by atoms with Crippen molar-refractivity contribution < 1.29 is 5.11 Å². The smallest absolute Gasteiger partial charge is 0.123 e. The third-order valence-corrected chi connectivity index (χ3v) is 4.48. The lowest BCUT2D eigenvalue weighted by Crippen LogP contribution is -2.19. The number of nitrogens with two attached hydrogens (primary N) is 1. The van der Waals surface area contributed by atoms with E-state index >= 15 is 0 Å². The normalized spacial score (nSPS) is 13.2. The zero-order valence-electron chi connectivity index (χ0n) is 10.6. The summed E-state index contributed by atoms with van der Waals surface area (Å²) in [7, 11) is 0. The SMILES string of the molecule is Cc1c(C)c(Br)c(C)c(C(N)C(C)C)c1O. The van der Waals surface area contributed by atoms with Gasteiger partial charge in [-0.1, -0.05) is 29.8 Å². The van der Waals surface area contributed by atoms with E-state index < -0.39 is 0 Å². The van der Waals surface area contributed by atoms with Crippen molar-refractivity contribution in [1.29, 1.82) is 0 Å². The Hall–Kier alpha value is -0.540. The summed E-state index contributed by atoms with van der Waals surface area (Å²) in [6.07, 6.45) is 0. The molecule has 0 aliphatic heterocycles. The van der Waals surface area contributed by atoms with E-state index in [0.29, 0.717) is 11.7 Å². The Kier molecular flexibility index (Phi) is 4.02. The molecule has 16 heavy (non-hydrogen) atoms. The minimum atomic E-state index is -0.129. The molecule has 0 saturated heterocycles. The maximum Gasteiger partial charge on any atom is 0.123 e. The molecule has 0 fully saturated rings. The summed E-state index contributed by atoms with van der Waals surface area (Å²) < 4.78 is 1.05. The van der Waals surface area contributed by atoms with Gasteiger partial charge in [-0.25, -0.2) is 0 Å². The first-order valence-electron chi connectivity index (χ1n) is 5.52. The van der Waals surface area contributed by atoms with Gasteiger partial charge in [-0.3, -0.25) is 0 Å². The molecule has 0 bridgehead atoms. The number of halogens is 1. The molecule has 0 saturated carbocycles. The molecule has 1 aromatic carbocycles. The van der Waals surface area contributed by atoms with Gasteiger partial charge in [0.2, 0.25) is 0 Å². The molecular weight excluding hydrogens is 266 g/mol. The largest absolute Gasteiger partial charge is 0.507 e. The molecule has 3 heteroatoms. The van der Waals surface area contributed by atoms with Crippen molar-refractivity contribution in [1.82, 2.24) is 0 Å². The third-order valence-electron chi connectivity index (χ3n) is 3.29. The Bertz CT molecular complexity index is 384. The molecule has 0 aliphatic carbocycles. The van der Waals surface area contributed by atoms with Crippen LogP contribution in [-0.2, 0) is 0 Å². The lowest BCUT2D eigenvalue weighted by atomic mass is 9.89. The van der Waals surface area contributed by atoms with Crippen LogP contribution in [0.4, 0.5) is 0 Å². The standard InChI is InChI=1S/C13H20BrNO/c1-6(2)12(15)10-9(5)11(14)7(3)8(4)13(10)16/h6,12,16H,15H2,1-5H3. The second-order valence-corrected chi connectivity index (χ2v) is 5.51. The van der Waals surface area contributed by atoms with Gasteiger partial charge < -0.3 is 10.8 Å². The average Bonchev–Trinajstić information content (AvgIpc) is 2.23. The fourth-order valence-electron chi connectivity index (χ4n) is 1.86. The van der Waals surface area contributed by atoms with E-state index in [1.807, 2.05) is 20.8 Å². The van der Waals surface area contributed by atoms with Gasteiger partial charge in [0.25, 0.3) is 0 Å². The van der Waals surface area contributed by atoms with Gasteiger partial charge in [0.15, 0.2) is 0 Å². The van der Waals surface area contributed by atoms with Crippen molar-refractivity contribution in [3.05, 3.63) is 26.7 Å². The van der Waals surface area contributed by atoms with E-state index in [1.54, 1.807) is 0 Å². The molecule has 1 atom stereocenters. The lowest BCUT2D eigenvalue weighted by Gasteiger charge is -2.23. The predicted molar refractivity (Wildman–Crippen MR) is 71.8 cm³/mol. The summed E-state index contributed by atoms with van der Waals surface area (Å²) in [5.74, 6) is 0.651. The molecule has 90 valence electrons. The number of phenols is 1. The molecule has 1 aromatic rings. The molecule has 0 heterocycles. The summed E-state index contributed by atoms with van der Waals surface area (Å²) in [6, 6.07) is -0.129. The van der Waals surface area contributed by atoms with Crippen molar-refractivity contribution in [2.75, 3.05) is 0 Å². The van der Waals surface area contributed by atoms with Crippen LogP contribution in [-0.4, -0.2) is 5.11 Å². The van der Waals surface area contributed by atoms with Crippen LogP contribution in [0, 0.1) is 26.7 Å². The fraction of sp³-hybridized carbons (Fsp3) is 0.538. The Labute approximate surface area is 106 Å². The van der Waals surface area contributed by atoms with Crippen LogP contribution >= 0.6 is 15.9 Å². The zero-order chi connectivity index (χ0) is 12.6. The van der Waals surface area contributed by atoms with Gasteiger partial charge in [0, 0.05) is 16.1 Å². The minimum absolute atomic E-state index is 0.129. The molecule has 1 rings (SSSR count). The molecule has 0 spiro atoms. The zero-order valence-corrected chi connectivity index (χ0v) is 12.1. The van der Waals surface area contributed by atoms with Crippen LogP contribution in [0.2, 0.25) is 0 Å². The van der Waals surface area contributed by atoms with Gasteiger partial charge >= 0.3 is 0 Å². The highest BCUT2D eigenvalue weighted by molar-refractivity contribution is 9.10. The summed E-state index contributed by atoms with van der Waals surface area (Å²) in [5.41, 5.74) is 10.0. The van der Waals surface area contributed by atoms with E-state index in [-0.39, 0.29) is 6.04 Å². The fourth-order valence-corrected chi connectivity index (χ4v) is 2.37. The monoisotopic (exact) mass is 285 g/mol. The molecular formula is C13H20BrNO. The van der Waals surface area contributed by atoms with Crippen LogP contribution in [0.15, 0.2) is 4.47 Å². The van der Waals surface area contributed by atoms with Crippen LogP contribution in [0.5, 0.6) is 5.75 Å². The first-order chi connectivity index (χ1) is 7.29. The molecule has 1 unspecified atom stereocenters. The Balaban J connectivity index is 3.51. The summed E-state index contributed by atoms with van der Waals surface area (Å²) in [5, 5.41) is 10.2. The summed E-state index contributed by atoms with van der Waals surface area (Å²) in [6.45, 7) is 10.0. The topological polar surface area (TPSA) is 46.2 Å². The van der Waals surface area contributed by atoms with Crippen molar-refractivity contribution in [3.63, 3.8) is 0 Å². The summed E-state index contributed by atoms with van der Waals surface area (Å²) >= 11 is 3.57. The number of hydrogen-bond acceptors (Lipinski definition) is 2. The van der Waals surface area contributed by atoms with Gasteiger partial charge in [0.1, 0.15) is 5.75 Å². The number of aromatic hydroxyl groups is 1. The van der Waals surface area contributed by atoms with Crippen molar-refractivity contribution in [2.45, 2.75) is 40.7 Å². The highest BCUT2D eigenvalue weighted by Crippen LogP contribution is 2.39. The number of benzene rings is 1. The molecule has 0 aliphatic rings. The molecule has 0 amide bonds.